The first-order valence-corrected chi connectivity index (χ1v) is 12.3. The summed E-state index contributed by atoms with van der Waals surface area (Å²) in [6.07, 6.45) is 1.71. The average molecular weight is 511 g/mol. The van der Waals surface area contributed by atoms with Crippen LogP contribution in [0.15, 0.2) is 67.3 Å². The van der Waals surface area contributed by atoms with Gasteiger partial charge in [0.2, 0.25) is 5.91 Å². The number of carboxylic acid groups (broad SMARTS) is 1. The normalized spacial score (nSPS) is 29.2. The second-order valence-corrected chi connectivity index (χ2v) is 9.84. The number of fused-ring (bicyclic) bond motifs is 1. The number of hydrogen-bond acceptors (Lipinski definition) is 5. The Balaban J connectivity index is 1.67. The number of amides is 2. The fourth-order valence-corrected chi connectivity index (χ4v) is 6.51. The maximum absolute atomic E-state index is 14.4. The van der Waals surface area contributed by atoms with Crippen molar-refractivity contribution in [3.8, 4) is 0 Å². The summed E-state index contributed by atoms with van der Waals surface area (Å²) in [4.78, 5) is 43.5. The van der Waals surface area contributed by atoms with E-state index in [2.05, 4.69) is 6.58 Å². The van der Waals surface area contributed by atoms with Gasteiger partial charge in [0.05, 0.1) is 41.3 Å². The number of aliphatic hydroxyl groups is 1. The number of halogens is 1. The molecule has 3 aliphatic rings. The molecule has 3 aliphatic heterocycles. The first kappa shape index (κ1) is 24.5. The summed E-state index contributed by atoms with van der Waals surface area (Å²) in [7, 11) is 0. The van der Waals surface area contributed by atoms with Gasteiger partial charge >= 0.3 is 5.97 Å². The summed E-state index contributed by atoms with van der Waals surface area (Å²) in [6, 6.07) is 13.8. The number of carbonyl (C=O) groups is 3. The largest absolute Gasteiger partial charge is 0.481 e. The monoisotopic (exact) mass is 510 g/mol. The summed E-state index contributed by atoms with van der Waals surface area (Å²) in [5.41, 5.74) is -0.235. The number of rotatable bonds is 8. The Morgan fingerprint density at radius 1 is 1.22 bits per heavy atom. The molecule has 6 atom stereocenters. The van der Waals surface area contributed by atoms with Crippen LogP contribution in [-0.2, 0) is 19.1 Å². The Morgan fingerprint density at radius 2 is 1.92 bits per heavy atom. The molecule has 0 unspecified atom stereocenters. The molecule has 2 aromatic carbocycles. The maximum atomic E-state index is 14.4. The fourth-order valence-electron chi connectivity index (χ4n) is 6.27. The van der Waals surface area contributed by atoms with E-state index in [-0.39, 0.29) is 6.54 Å². The highest BCUT2D eigenvalue weighted by atomic mass is 35.5. The van der Waals surface area contributed by atoms with Gasteiger partial charge in [0.1, 0.15) is 11.6 Å². The van der Waals surface area contributed by atoms with Gasteiger partial charge in [-0.3, -0.25) is 14.4 Å². The summed E-state index contributed by atoms with van der Waals surface area (Å²) in [5, 5.41) is 20.8. The van der Waals surface area contributed by atoms with E-state index >= 15 is 0 Å². The highest BCUT2D eigenvalue weighted by Gasteiger charge is 2.75. The standard InChI is InChI=1S/C27H27ClN2O6/c1-2-14-29(18-11-7-6-10-17(18)28)25(33)23-27-13-12-20(36-27)21(26(34)35)22(27)24(32)30(23)19(15-31)16-8-4-3-5-9-16/h2-11,19-23,31H,1,12-15H2,(H,34,35)/t19-,20+,21-,22-,23+,27-/m1/s1. The second-order valence-electron chi connectivity index (χ2n) is 9.44. The van der Waals surface area contributed by atoms with E-state index in [1.54, 1.807) is 54.6 Å². The Bertz CT molecular complexity index is 1210. The van der Waals surface area contributed by atoms with Crippen LogP contribution in [0.5, 0.6) is 0 Å². The summed E-state index contributed by atoms with van der Waals surface area (Å²) in [6.45, 7) is 3.44. The molecule has 2 amide bonds. The van der Waals surface area contributed by atoms with Crippen LogP contribution in [0, 0.1) is 11.8 Å². The average Bonchev–Trinajstić information content (AvgIpc) is 3.52. The lowest BCUT2D eigenvalue weighted by molar-refractivity contribution is -0.151. The molecule has 0 radical (unpaired) electrons. The van der Waals surface area contributed by atoms with Gasteiger partial charge in [-0.05, 0) is 30.5 Å². The Hall–Kier alpha value is -3.20. The fraction of sp³-hybridized carbons (Fsp3) is 0.370. The van der Waals surface area contributed by atoms with Crippen molar-refractivity contribution in [2.45, 2.75) is 36.6 Å². The zero-order chi connectivity index (χ0) is 25.6. The number of carboxylic acids is 1. The van der Waals surface area contributed by atoms with Gasteiger partial charge in [-0.1, -0.05) is 60.1 Å². The summed E-state index contributed by atoms with van der Waals surface area (Å²) in [5.74, 6) is -4.17. The van der Waals surface area contributed by atoms with Crippen LogP contribution >= 0.6 is 11.6 Å². The number of para-hydroxylation sites is 1. The van der Waals surface area contributed by atoms with Crippen LogP contribution in [-0.4, -0.2) is 63.8 Å². The van der Waals surface area contributed by atoms with Crippen molar-refractivity contribution >= 4 is 35.1 Å². The minimum absolute atomic E-state index is 0.114. The van der Waals surface area contributed by atoms with E-state index in [1.807, 2.05) is 6.07 Å². The van der Waals surface area contributed by atoms with Crippen LogP contribution in [0.4, 0.5) is 5.69 Å². The van der Waals surface area contributed by atoms with Gasteiger partial charge in [0.15, 0.2) is 0 Å². The zero-order valence-corrected chi connectivity index (χ0v) is 20.3. The molecule has 2 N–H and O–H groups in total. The highest BCUT2D eigenvalue weighted by molar-refractivity contribution is 6.34. The summed E-state index contributed by atoms with van der Waals surface area (Å²) >= 11 is 6.45. The van der Waals surface area contributed by atoms with Crippen LogP contribution in [0.25, 0.3) is 0 Å². The van der Waals surface area contributed by atoms with Crippen molar-refractivity contribution in [1.29, 1.82) is 0 Å². The number of likely N-dealkylation sites (tertiary alicyclic amines) is 1. The lowest BCUT2D eigenvalue weighted by Gasteiger charge is -2.39. The number of aliphatic carboxylic acids is 1. The topological polar surface area (TPSA) is 107 Å². The molecular formula is C27H27ClN2O6. The maximum Gasteiger partial charge on any atom is 0.310 e. The Kier molecular flexibility index (Phi) is 6.36. The van der Waals surface area contributed by atoms with Gasteiger partial charge in [-0.15, -0.1) is 6.58 Å². The van der Waals surface area contributed by atoms with Crippen LogP contribution in [0.3, 0.4) is 0 Å². The van der Waals surface area contributed by atoms with Gasteiger partial charge in [0, 0.05) is 6.54 Å². The Labute approximate surface area is 213 Å². The van der Waals surface area contributed by atoms with E-state index in [0.29, 0.717) is 29.1 Å². The third kappa shape index (κ3) is 3.55. The number of ether oxygens (including phenoxy) is 1. The molecule has 9 heteroatoms. The van der Waals surface area contributed by atoms with Gasteiger partial charge in [0.25, 0.3) is 5.91 Å². The molecule has 3 fully saturated rings. The molecule has 3 heterocycles. The molecule has 0 aliphatic carbocycles. The molecule has 2 aromatic rings. The lowest BCUT2D eigenvalue weighted by Crippen LogP contribution is -2.57. The SMILES string of the molecule is C=CCN(C(=O)[C@@H]1N([C@H](CO)c2ccccc2)C(=O)[C@H]2[C@H](C(=O)O)[C@@H]3CC[C@]12O3)c1ccccc1Cl. The van der Waals surface area contributed by atoms with Crippen molar-refractivity contribution in [3.05, 3.63) is 77.8 Å². The predicted octanol–water partition coefficient (Wildman–Crippen LogP) is 3.05. The minimum atomic E-state index is -1.31. The van der Waals surface area contributed by atoms with Gasteiger partial charge in [-0.2, -0.15) is 0 Å². The van der Waals surface area contributed by atoms with Crippen LogP contribution in [0.2, 0.25) is 5.02 Å². The first-order chi connectivity index (χ1) is 17.4. The lowest BCUT2D eigenvalue weighted by atomic mass is 9.70. The third-order valence-electron chi connectivity index (χ3n) is 7.67. The van der Waals surface area contributed by atoms with Gasteiger partial charge < -0.3 is 24.7 Å². The van der Waals surface area contributed by atoms with Crippen LogP contribution < -0.4 is 4.90 Å². The number of carbonyl (C=O) groups excluding carboxylic acids is 2. The molecule has 1 spiro atoms. The molecule has 188 valence electrons. The van der Waals surface area contributed by atoms with Crippen LogP contribution in [0.1, 0.15) is 24.4 Å². The number of benzene rings is 2. The molecular weight excluding hydrogens is 484 g/mol. The first-order valence-electron chi connectivity index (χ1n) is 11.9. The van der Waals surface area contributed by atoms with E-state index in [1.165, 1.54) is 9.80 Å². The number of anilines is 1. The molecule has 0 aromatic heterocycles. The van der Waals surface area contributed by atoms with E-state index in [4.69, 9.17) is 16.3 Å². The van der Waals surface area contributed by atoms with E-state index in [9.17, 15) is 24.6 Å². The van der Waals surface area contributed by atoms with Crippen molar-refractivity contribution in [2.24, 2.45) is 11.8 Å². The summed E-state index contributed by atoms with van der Waals surface area (Å²) < 4.78 is 6.29. The molecule has 36 heavy (non-hydrogen) atoms. The van der Waals surface area contributed by atoms with Crippen molar-refractivity contribution in [1.82, 2.24) is 4.90 Å². The minimum Gasteiger partial charge on any atom is -0.481 e. The Morgan fingerprint density at radius 3 is 2.56 bits per heavy atom. The molecule has 0 saturated carbocycles. The molecule has 3 saturated heterocycles. The quantitative estimate of drug-likeness (QED) is 0.529. The molecule has 8 nitrogen and oxygen atoms in total. The number of nitrogens with zero attached hydrogens (tertiary/aromatic N) is 2. The molecule has 2 bridgehead atoms. The second kappa shape index (κ2) is 9.35. The van der Waals surface area contributed by atoms with E-state index < -0.39 is 60.0 Å². The predicted molar refractivity (Wildman–Crippen MR) is 132 cm³/mol. The number of hydrogen-bond donors (Lipinski definition) is 2. The highest BCUT2D eigenvalue weighted by Crippen LogP contribution is 2.60. The van der Waals surface area contributed by atoms with Gasteiger partial charge in [-0.25, -0.2) is 0 Å². The van der Waals surface area contributed by atoms with Crippen molar-refractivity contribution in [2.75, 3.05) is 18.1 Å². The van der Waals surface area contributed by atoms with Crippen molar-refractivity contribution in [3.63, 3.8) is 0 Å². The smallest absolute Gasteiger partial charge is 0.310 e. The molecule has 5 rings (SSSR count). The van der Waals surface area contributed by atoms with Crippen molar-refractivity contribution < 1.29 is 29.3 Å². The number of aliphatic hydroxyl groups excluding tert-OH is 1. The zero-order valence-electron chi connectivity index (χ0n) is 19.5. The van der Waals surface area contributed by atoms with E-state index in [0.717, 1.165) is 0 Å². The third-order valence-corrected chi connectivity index (χ3v) is 7.99.